The van der Waals surface area contributed by atoms with Crippen molar-refractivity contribution in [1.82, 2.24) is 5.32 Å². The van der Waals surface area contributed by atoms with Gasteiger partial charge in [0.1, 0.15) is 0 Å². The van der Waals surface area contributed by atoms with Crippen molar-refractivity contribution in [2.24, 2.45) is 11.3 Å². The van der Waals surface area contributed by atoms with E-state index >= 15 is 0 Å². The van der Waals surface area contributed by atoms with Crippen molar-refractivity contribution in [1.29, 1.82) is 0 Å². The van der Waals surface area contributed by atoms with Crippen LogP contribution < -0.4 is 5.32 Å². The molecule has 1 heteroatoms. The highest BCUT2D eigenvalue weighted by atomic mass is 14.9. The third-order valence-electron chi connectivity index (χ3n) is 4.51. The fourth-order valence-corrected chi connectivity index (χ4v) is 3.15. The van der Waals surface area contributed by atoms with Gasteiger partial charge in [0, 0.05) is 12.1 Å². The van der Waals surface area contributed by atoms with Gasteiger partial charge in [-0.05, 0) is 50.4 Å². The first-order valence-electron chi connectivity index (χ1n) is 8.15. The molecule has 0 aromatic rings. The maximum atomic E-state index is 3.87. The third kappa shape index (κ3) is 6.78. The van der Waals surface area contributed by atoms with E-state index in [1.54, 1.807) is 0 Å². The van der Waals surface area contributed by atoms with Crippen molar-refractivity contribution in [3.05, 3.63) is 0 Å². The molecule has 0 aliphatic heterocycles. The van der Waals surface area contributed by atoms with Crippen LogP contribution in [0, 0.1) is 11.3 Å². The largest absolute Gasteiger partial charge is 0.312 e. The molecule has 1 aliphatic carbocycles. The molecule has 1 fully saturated rings. The van der Waals surface area contributed by atoms with Gasteiger partial charge in [-0.2, -0.15) is 0 Å². The first kappa shape index (κ1) is 16.0. The Balaban J connectivity index is 2.21. The fraction of sp³-hybridized carbons (Fsp3) is 1.00. The SMILES string of the molecule is CC(C)CCCC(C)NC1CCCC(C)(C)CC1. The van der Waals surface area contributed by atoms with Crippen LogP contribution in [0.25, 0.3) is 0 Å². The molecule has 1 aliphatic rings. The van der Waals surface area contributed by atoms with Crippen molar-refractivity contribution < 1.29 is 0 Å². The van der Waals surface area contributed by atoms with E-state index in [-0.39, 0.29) is 0 Å². The summed E-state index contributed by atoms with van der Waals surface area (Å²) in [6.07, 6.45) is 11.1. The molecule has 1 nitrogen and oxygen atoms in total. The van der Waals surface area contributed by atoms with Gasteiger partial charge in [0.05, 0.1) is 0 Å². The minimum atomic E-state index is 0.581. The number of nitrogens with one attached hydrogen (secondary N) is 1. The van der Waals surface area contributed by atoms with Crippen LogP contribution in [-0.4, -0.2) is 12.1 Å². The summed E-state index contributed by atoms with van der Waals surface area (Å²) in [5.41, 5.74) is 0.581. The average Bonchev–Trinajstić information content (AvgIpc) is 2.40. The van der Waals surface area contributed by atoms with E-state index in [1.165, 1.54) is 51.4 Å². The minimum absolute atomic E-state index is 0.581. The zero-order chi connectivity index (χ0) is 13.6. The maximum absolute atomic E-state index is 3.87. The summed E-state index contributed by atoms with van der Waals surface area (Å²) in [7, 11) is 0. The molecule has 0 spiro atoms. The molecule has 0 bridgehead atoms. The second-order valence-corrected chi connectivity index (χ2v) is 7.68. The summed E-state index contributed by atoms with van der Waals surface area (Å²) < 4.78 is 0. The third-order valence-corrected chi connectivity index (χ3v) is 4.51. The molecule has 0 radical (unpaired) electrons. The normalized spacial score (nSPS) is 26.0. The van der Waals surface area contributed by atoms with Crippen LogP contribution in [0.2, 0.25) is 0 Å². The van der Waals surface area contributed by atoms with E-state index in [2.05, 4.69) is 39.9 Å². The molecule has 108 valence electrons. The molecule has 1 saturated carbocycles. The van der Waals surface area contributed by atoms with E-state index in [0.29, 0.717) is 11.5 Å². The van der Waals surface area contributed by atoms with Gasteiger partial charge < -0.3 is 5.32 Å². The zero-order valence-corrected chi connectivity index (χ0v) is 13.4. The Bertz CT molecular complexity index is 220. The van der Waals surface area contributed by atoms with Crippen LogP contribution >= 0.6 is 0 Å². The molecular formula is C17H35N. The lowest BCUT2D eigenvalue weighted by molar-refractivity contribution is 0.306. The van der Waals surface area contributed by atoms with Gasteiger partial charge in [-0.25, -0.2) is 0 Å². The Labute approximate surface area is 115 Å². The Morgan fingerprint density at radius 3 is 2.44 bits per heavy atom. The van der Waals surface area contributed by atoms with Crippen LogP contribution in [0.1, 0.15) is 86.0 Å². The Morgan fingerprint density at radius 1 is 1.06 bits per heavy atom. The molecule has 0 aromatic carbocycles. The Kier molecular flexibility index (Phi) is 6.70. The lowest BCUT2D eigenvalue weighted by Gasteiger charge is -2.24. The summed E-state index contributed by atoms with van der Waals surface area (Å²) in [5, 5.41) is 3.87. The highest BCUT2D eigenvalue weighted by Gasteiger charge is 2.24. The summed E-state index contributed by atoms with van der Waals surface area (Å²) in [5.74, 6) is 0.857. The zero-order valence-electron chi connectivity index (χ0n) is 13.4. The maximum Gasteiger partial charge on any atom is 0.00697 e. The number of hydrogen-bond acceptors (Lipinski definition) is 1. The fourth-order valence-electron chi connectivity index (χ4n) is 3.15. The lowest BCUT2D eigenvalue weighted by atomic mass is 9.85. The van der Waals surface area contributed by atoms with Crippen LogP contribution in [0.15, 0.2) is 0 Å². The summed E-state index contributed by atoms with van der Waals surface area (Å²) in [6.45, 7) is 11.9. The molecule has 18 heavy (non-hydrogen) atoms. The van der Waals surface area contributed by atoms with E-state index in [4.69, 9.17) is 0 Å². The molecule has 2 atom stereocenters. The van der Waals surface area contributed by atoms with Crippen molar-refractivity contribution in [2.45, 2.75) is 98.1 Å². The van der Waals surface area contributed by atoms with Gasteiger partial charge in [-0.1, -0.05) is 47.0 Å². The predicted molar refractivity (Wildman–Crippen MR) is 81.9 cm³/mol. The van der Waals surface area contributed by atoms with Gasteiger partial charge in [0.25, 0.3) is 0 Å². The van der Waals surface area contributed by atoms with Gasteiger partial charge in [-0.3, -0.25) is 0 Å². The second-order valence-electron chi connectivity index (χ2n) is 7.68. The van der Waals surface area contributed by atoms with Crippen LogP contribution in [-0.2, 0) is 0 Å². The smallest absolute Gasteiger partial charge is 0.00697 e. The molecule has 0 amide bonds. The Morgan fingerprint density at radius 2 is 1.78 bits per heavy atom. The molecule has 0 heterocycles. The molecule has 0 aromatic heterocycles. The highest BCUT2D eigenvalue weighted by molar-refractivity contribution is 4.81. The summed E-state index contributed by atoms with van der Waals surface area (Å²) in [6, 6.07) is 1.48. The van der Waals surface area contributed by atoms with E-state index < -0.39 is 0 Å². The summed E-state index contributed by atoms with van der Waals surface area (Å²) >= 11 is 0. The monoisotopic (exact) mass is 253 g/mol. The van der Waals surface area contributed by atoms with Gasteiger partial charge in [-0.15, -0.1) is 0 Å². The van der Waals surface area contributed by atoms with Crippen molar-refractivity contribution in [3.8, 4) is 0 Å². The van der Waals surface area contributed by atoms with Crippen LogP contribution in [0.3, 0.4) is 0 Å². The van der Waals surface area contributed by atoms with Crippen molar-refractivity contribution in [2.75, 3.05) is 0 Å². The van der Waals surface area contributed by atoms with E-state index in [1.807, 2.05) is 0 Å². The van der Waals surface area contributed by atoms with Crippen molar-refractivity contribution >= 4 is 0 Å². The van der Waals surface area contributed by atoms with Crippen molar-refractivity contribution in [3.63, 3.8) is 0 Å². The first-order valence-corrected chi connectivity index (χ1v) is 8.15. The number of hydrogen-bond donors (Lipinski definition) is 1. The average molecular weight is 253 g/mol. The van der Waals surface area contributed by atoms with Crippen LogP contribution in [0.5, 0.6) is 0 Å². The highest BCUT2D eigenvalue weighted by Crippen LogP contribution is 2.33. The topological polar surface area (TPSA) is 12.0 Å². The van der Waals surface area contributed by atoms with Gasteiger partial charge in [0.2, 0.25) is 0 Å². The van der Waals surface area contributed by atoms with Gasteiger partial charge in [0.15, 0.2) is 0 Å². The van der Waals surface area contributed by atoms with Gasteiger partial charge >= 0.3 is 0 Å². The lowest BCUT2D eigenvalue weighted by Crippen LogP contribution is -2.36. The Hall–Kier alpha value is -0.0400. The second kappa shape index (κ2) is 7.53. The standard InChI is InChI=1S/C17H35N/c1-14(2)8-6-9-15(3)18-16-10-7-12-17(4,5)13-11-16/h14-16,18H,6-13H2,1-5H3. The number of rotatable bonds is 6. The molecule has 1 N–H and O–H groups in total. The van der Waals surface area contributed by atoms with E-state index in [0.717, 1.165) is 12.0 Å². The van der Waals surface area contributed by atoms with Crippen LogP contribution in [0.4, 0.5) is 0 Å². The first-order chi connectivity index (χ1) is 8.39. The quantitative estimate of drug-likeness (QED) is 0.646. The molecule has 1 rings (SSSR count). The molecule has 2 unspecified atom stereocenters. The predicted octanol–water partition coefficient (Wildman–Crippen LogP) is 5.15. The molecular weight excluding hydrogens is 218 g/mol. The molecule has 0 saturated heterocycles. The van der Waals surface area contributed by atoms with E-state index in [9.17, 15) is 0 Å². The minimum Gasteiger partial charge on any atom is -0.312 e. The summed E-state index contributed by atoms with van der Waals surface area (Å²) in [4.78, 5) is 0.